The van der Waals surface area contributed by atoms with Crippen LogP contribution in [0.4, 0.5) is 5.69 Å². The van der Waals surface area contributed by atoms with Gasteiger partial charge in [-0.2, -0.15) is 4.31 Å². The van der Waals surface area contributed by atoms with Crippen molar-refractivity contribution in [2.75, 3.05) is 30.8 Å². The SMILES string of the molecule is CCCS(=O)(=O)N1CCCC1C(=O)OCC(=O)Nc1ccccc1C(=O)NCC(C)C. The number of rotatable bonds is 10. The molecule has 1 atom stereocenters. The van der Waals surface area contributed by atoms with Gasteiger partial charge in [0, 0.05) is 13.1 Å². The predicted octanol–water partition coefficient (Wildman–Crippen LogP) is 1.76. The molecule has 0 aliphatic carbocycles. The number of carbonyl (C=O) groups excluding carboxylic acids is 3. The Morgan fingerprint density at radius 3 is 2.61 bits per heavy atom. The molecular weight excluding hydrogens is 422 g/mol. The second kappa shape index (κ2) is 11.2. The predicted molar refractivity (Wildman–Crippen MR) is 117 cm³/mol. The number of anilines is 1. The zero-order valence-electron chi connectivity index (χ0n) is 18.2. The van der Waals surface area contributed by atoms with Gasteiger partial charge in [-0.1, -0.05) is 32.9 Å². The summed E-state index contributed by atoms with van der Waals surface area (Å²) in [6, 6.07) is 5.63. The number of para-hydroxylation sites is 1. The van der Waals surface area contributed by atoms with Crippen LogP contribution in [0.25, 0.3) is 0 Å². The second-order valence-electron chi connectivity index (χ2n) is 7.89. The Morgan fingerprint density at radius 1 is 1.23 bits per heavy atom. The number of amides is 2. The smallest absolute Gasteiger partial charge is 0.324 e. The van der Waals surface area contributed by atoms with Gasteiger partial charge in [-0.3, -0.25) is 14.4 Å². The van der Waals surface area contributed by atoms with Gasteiger partial charge in [0.1, 0.15) is 6.04 Å². The molecule has 10 heteroatoms. The number of hydrogen-bond acceptors (Lipinski definition) is 6. The summed E-state index contributed by atoms with van der Waals surface area (Å²) < 4.78 is 30.9. The van der Waals surface area contributed by atoms with Crippen molar-refractivity contribution in [1.29, 1.82) is 0 Å². The first-order valence-electron chi connectivity index (χ1n) is 10.5. The Labute approximate surface area is 183 Å². The summed E-state index contributed by atoms with van der Waals surface area (Å²) >= 11 is 0. The molecule has 1 aromatic rings. The van der Waals surface area contributed by atoms with Gasteiger partial charge < -0.3 is 15.4 Å². The summed E-state index contributed by atoms with van der Waals surface area (Å²) in [5.74, 6) is -1.42. The molecule has 172 valence electrons. The zero-order valence-corrected chi connectivity index (χ0v) is 19.0. The Kier molecular flexibility index (Phi) is 9.00. The van der Waals surface area contributed by atoms with Crippen LogP contribution in [0.5, 0.6) is 0 Å². The largest absolute Gasteiger partial charge is 0.454 e. The minimum atomic E-state index is -3.53. The Balaban J connectivity index is 1.95. The van der Waals surface area contributed by atoms with Crippen molar-refractivity contribution in [3.8, 4) is 0 Å². The summed E-state index contributed by atoms with van der Waals surface area (Å²) in [6.07, 6.45) is 1.38. The summed E-state index contributed by atoms with van der Waals surface area (Å²) in [6.45, 7) is 5.90. The third kappa shape index (κ3) is 7.03. The fourth-order valence-electron chi connectivity index (χ4n) is 3.29. The number of esters is 1. The van der Waals surface area contributed by atoms with Crippen molar-refractivity contribution in [2.24, 2.45) is 5.92 Å². The van der Waals surface area contributed by atoms with E-state index in [1.165, 1.54) is 4.31 Å². The Morgan fingerprint density at radius 2 is 1.94 bits per heavy atom. The first-order chi connectivity index (χ1) is 14.7. The second-order valence-corrected chi connectivity index (χ2v) is 9.93. The molecule has 1 unspecified atom stereocenters. The maximum atomic E-state index is 12.4. The molecule has 31 heavy (non-hydrogen) atoms. The molecule has 2 rings (SSSR count). The Bertz CT molecular complexity index is 900. The summed E-state index contributed by atoms with van der Waals surface area (Å²) in [7, 11) is -3.53. The first kappa shape index (κ1) is 24.8. The van der Waals surface area contributed by atoms with Crippen LogP contribution in [0, 0.1) is 5.92 Å². The van der Waals surface area contributed by atoms with E-state index in [0.717, 1.165) is 0 Å². The van der Waals surface area contributed by atoms with Gasteiger partial charge in [0.05, 0.1) is 17.0 Å². The third-order valence-electron chi connectivity index (χ3n) is 4.76. The lowest BCUT2D eigenvalue weighted by molar-refractivity contribution is -0.150. The molecule has 1 aromatic carbocycles. The van der Waals surface area contributed by atoms with E-state index >= 15 is 0 Å². The molecule has 1 saturated heterocycles. The van der Waals surface area contributed by atoms with Crippen molar-refractivity contribution in [3.05, 3.63) is 29.8 Å². The van der Waals surface area contributed by atoms with Gasteiger partial charge in [-0.05, 0) is 37.3 Å². The van der Waals surface area contributed by atoms with Crippen molar-refractivity contribution in [2.45, 2.75) is 46.1 Å². The normalized spacial score (nSPS) is 16.8. The van der Waals surface area contributed by atoms with E-state index in [0.29, 0.717) is 37.1 Å². The van der Waals surface area contributed by atoms with Crippen LogP contribution >= 0.6 is 0 Å². The molecule has 0 spiro atoms. The standard InChI is InChI=1S/C21H31N3O6S/c1-4-12-31(28,29)24-11-7-10-18(24)21(27)30-14-19(25)23-17-9-6-5-8-16(17)20(26)22-13-15(2)3/h5-6,8-9,15,18H,4,7,10-14H2,1-3H3,(H,22,26)(H,23,25). The van der Waals surface area contributed by atoms with E-state index in [1.807, 2.05) is 13.8 Å². The van der Waals surface area contributed by atoms with Crippen LogP contribution in [0.3, 0.4) is 0 Å². The minimum Gasteiger partial charge on any atom is -0.454 e. The molecule has 1 fully saturated rings. The summed E-state index contributed by atoms with van der Waals surface area (Å²) in [4.78, 5) is 37.1. The number of ether oxygens (including phenoxy) is 1. The fourth-order valence-corrected chi connectivity index (χ4v) is 5.02. The molecule has 1 aliphatic rings. The van der Waals surface area contributed by atoms with Crippen LogP contribution in [0.15, 0.2) is 24.3 Å². The molecule has 0 saturated carbocycles. The highest BCUT2D eigenvalue weighted by molar-refractivity contribution is 7.89. The highest BCUT2D eigenvalue weighted by Crippen LogP contribution is 2.23. The molecule has 0 radical (unpaired) electrons. The topological polar surface area (TPSA) is 122 Å². The lowest BCUT2D eigenvalue weighted by Crippen LogP contribution is -2.43. The molecule has 1 aliphatic heterocycles. The van der Waals surface area contributed by atoms with E-state index in [-0.39, 0.29) is 24.1 Å². The molecular formula is C21H31N3O6S. The lowest BCUT2D eigenvalue weighted by atomic mass is 10.1. The van der Waals surface area contributed by atoms with Crippen molar-refractivity contribution >= 4 is 33.5 Å². The van der Waals surface area contributed by atoms with E-state index in [9.17, 15) is 22.8 Å². The average Bonchev–Trinajstić information content (AvgIpc) is 3.22. The first-order valence-corrected chi connectivity index (χ1v) is 12.1. The number of carbonyl (C=O) groups is 3. The number of sulfonamides is 1. The molecule has 2 amide bonds. The number of hydrogen-bond donors (Lipinski definition) is 2. The van der Waals surface area contributed by atoms with Gasteiger partial charge in [0.2, 0.25) is 10.0 Å². The quantitative estimate of drug-likeness (QED) is 0.521. The van der Waals surface area contributed by atoms with Crippen LogP contribution < -0.4 is 10.6 Å². The van der Waals surface area contributed by atoms with Gasteiger partial charge in [-0.25, -0.2) is 8.42 Å². The van der Waals surface area contributed by atoms with Crippen LogP contribution in [-0.2, 0) is 24.3 Å². The van der Waals surface area contributed by atoms with Crippen LogP contribution in [0.2, 0.25) is 0 Å². The van der Waals surface area contributed by atoms with Gasteiger partial charge in [0.25, 0.3) is 11.8 Å². The molecule has 1 heterocycles. The number of nitrogens with zero attached hydrogens (tertiary/aromatic N) is 1. The fraction of sp³-hybridized carbons (Fsp3) is 0.571. The highest BCUT2D eigenvalue weighted by Gasteiger charge is 2.39. The van der Waals surface area contributed by atoms with Crippen LogP contribution in [-0.4, -0.2) is 62.0 Å². The van der Waals surface area contributed by atoms with Crippen LogP contribution in [0.1, 0.15) is 50.4 Å². The molecule has 0 bridgehead atoms. The number of nitrogens with one attached hydrogen (secondary N) is 2. The van der Waals surface area contributed by atoms with E-state index < -0.39 is 34.5 Å². The minimum absolute atomic E-state index is 0.0348. The lowest BCUT2D eigenvalue weighted by Gasteiger charge is -2.22. The van der Waals surface area contributed by atoms with Gasteiger partial charge >= 0.3 is 5.97 Å². The van der Waals surface area contributed by atoms with Gasteiger partial charge in [-0.15, -0.1) is 0 Å². The van der Waals surface area contributed by atoms with E-state index in [4.69, 9.17) is 4.74 Å². The maximum absolute atomic E-state index is 12.4. The van der Waals surface area contributed by atoms with Crippen molar-refractivity contribution in [1.82, 2.24) is 9.62 Å². The molecule has 9 nitrogen and oxygen atoms in total. The summed E-state index contributed by atoms with van der Waals surface area (Å²) in [5, 5.41) is 5.37. The van der Waals surface area contributed by atoms with Crippen molar-refractivity contribution < 1.29 is 27.5 Å². The Hall–Kier alpha value is -2.46. The molecule has 0 aromatic heterocycles. The van der Waals surface area contributed by atoms with E-state index in [1.54, 1.807) is 31.2 Å². The highest BCUT2D eigenvalue weighted by atomic mass is 32.2. The van der Waals surface area contributed by atoms with Crippen molar-refractivity contribution in [3.63, 3.8) is 0 Å². The zero-order chi connectivity index (χ0) is 23.0. The number of benzene rings is 1. The maximum Gasteiger partial charge on any atom is 0.324 e. The average molecular weight is 454 g/mol. The molecule has 2 N–H and O–H groups in total. The van der Waals surface area contributed by atoms with E-state index in [2.05, 4.69) is 10.6 Å². The summed E-state index contributed by atoms with van der Waals surface area (Å²) in [5.41, 5.74) is 0.605. The monoisotopic (exact) mass is 453 g/mol. The third-order valence-corrected chi connectivity index (χ3v) is 6.83. The van der Waals surface area contributed by atoms with Gasteiger partial charge in [0.15, 0.2) is 6.61 Å².